The van der Waals surface area contributed by atoms with Crippen LogP contribution in [0.25, 0.3) is 11.5 Å². The molecule has 156 valence electrons. The van der Waals surface area contributed by atoms with Gasteiger partial charge in [0.1, 0.15) is 0 Å². The molecular formula is C22H30N4O3. The van der Waals surface area contributed by atoms with E-state index in [9.17, 15) is 4.79 Å². The zero-order valence-corrected chi connectivity index (χ0v) is 17.2. The minimum Gasteiger partial charge on any atom is -0.385 e. The molecule has 0 N–H and O–H groups in total. The van der Waals surface area contributed by atoms with Crippen molar-refractivity contribution in [1.29, 1.82) is 0 Å². The third kappa shape index (κ3) is 4.50. The highest BCUT2D eigenvalue weighted by molar-refractivity contribution is 5.76. The second kappa shape index (κ2) is 9.03. The molecule has 0 atom stereocenters. The third-order valence-corrected chi connectivity index (χ3v) is 6.62. The molecule has 2 aliphatic rings. The normalized spacial score (nSPS) is 19.6. The van der Waals surface area contributed by atoms with Gasteiger partial charge in [0.25, 0.3) is 5.89 Å². The summed E-state index contributed by atoms with van der Waals surface area (Å²) in [5.41, 5.74) is 0.652. The highest BCUT2D eigenvalue weighted by Gasteiger charge is 2.41. The van der Waals surface area contributed by atoms with Crippen molar-refractivity contribution in [3.05, 3.63) is 30.4 Å². The summed E-state index contributed by atoms with van der Waals surface area (Å²) in [6, 6.07) is 3.73. The van der Waals surface area contributed by atoms with Crippen LogP contribution in [0.3, 0.4) is 0 Å². The van der Waals surface area contributed by atoms with E-state index >= 15 is 0 Å². The number of likely N-dealkylation sites (tertiary alicyclic amines) is 1. The van der Waals surface area contributed by atoms with Crippen molar-refractivity contribution in [3.8, 4) is 11.5 Å². The van der Waals surface area contributed by atoms with Gasteiger partial charge in [-0.3, -0.25) is 9.78 Å². The molecule has 0 radical (unpaired) electrons. The van der Waals surface area contributed by atoms with Crippen molar-refractivity contribution in [2.75, 3.05) is 26.8 Å². The minimum atomic E-state index is -0.213. The first kappa shape index (κ1) is 20.0. The van der Waals surface area contributed by atoms with Crippen LogP contribution in [0.4, 0.5) is 0 Å². The molecule has 29 heavy (non-hydrogen) atoms. The van der Waals surface area contributed by atoms with Gasteiger partial charge in [0.05, 0.1) is 0 Å². The fraction of sp³-hybridized carbons (Fsp3) is 0.636. The van der Waals surface area contributed by atoms with Crippen LogP contribution in [0.1, 0.15) is 57.2 Å². The molecule has 0 spiro atoms. The molecule has 7 heteroatoms. The number of hydrogen-bond acceptors (Lipinski definition) is 6. The number of methoxy groups -OCH3 is 1. The number of hydrogen-bond donors (Lipinski definition) is 0. The van der Waals surface area contributed by atoms with Crippen molar-refractivity contribution in [1.82, 2.24) is 20.0 Å². The lowest BCUT2D eigenvalue weighted by molar-refractivity contribution is -0.134. The molecule has 1 aliphatic carbocycles. The fourth-order valence-electron chi connectivity index (χ4n) is 4.71. The van der Waals surface area contributed by atoms with Gasteiger partial charge in [-0.1, -0.05) is 18.0 Å². The third-order valence-electron chi connectivity index (χ3n) is 6.62. The minimum absolute atomic E-state index is 0.213. The summed E-state index contributed by atoms with van der Waals surface area (Å²) >= 11 is 0. The Labute approximate surface area is 171 Å². The largest absolute Gasteiger partial charge is 0.385 e. The number of nitrogens with zero attached hydrogens (tertiary/aromatic N) is 4. The molecule has 1 aliphatic heterocycles. The molecule has 4 rings (SSSR count). The van der Waals surface area contributed by atoms with E-state index in [1.54, 1.807) is 19.5 Å². The predicted octanol–water partition coefficient (Wildman–Crippen LogP) is 3.61. The monoisotopic (exact) mass is 398 g/mol. The molecule has 2 aromatic heterocycles. The van der Waals surface area contributed by atoms with Crippen LogP contribution in [-0.4, -0.2) is 52.7 Å². The summed E-state index contributed by atoms with van der Waals surface area (Å²) in [6.45, 7) is 2.12. The van der Waals surface area contributed by atoms with Crippen LogP contribution >= 0.6 is 0 Å². The van der Waals surface area contributed by atoms with Gasteiger partial charge >= 0.3 is 0 Å². The molecule has 2 aromatic rings. The predicted molar refractivity (Wildman–Crippen MR) is 108 cm³/mol. The maximum atomic E-state index is 12.8. The molecule has 0 unspecified atom stereocenters. The average molecular weight is 399 g/mol. The van der Waals surface area contributed by atoms with E-state index in [-0.39, 0.29) is 5.41 Å². The van der Waals surface area contributed by atoms with E-state index < -0.39 is 0 Å². The summed E-state index contributed by atoms with van der Waals surface area (Å²) < 4.78 is 10.9. The molecule has 1 amide bonds. The van der Waals surface area contributed by atoms with Crippen LogP contribution < -0.4 is 0 Å². The average Bonchev–Trinajstić information content (AvgIpc) is 3.46. The highest BCUT2D eigenvalue weighted by Crippen LogP contribution is 2.38. The molecule has 2 fully saturated rings. The zero-order chi connectivity index (χ0) is 20.1. The van der Waals surface area contributed by atoms with Crippen molar-refractivity contribution >= 4 is 5.91 Å². The summed E-state index contributed by atoms with van der Waals surface area (Å²) in [7, 11) is 1.71. The van der Waals surface area contributed by atoms with Gasteiger partial charge in [0.2, 0.25) is 5.91 Å². The van der Waals surface area contributed by atoms with E-state index in [0.717, 1.165) is 43.7 Å². The zero-order valence-electron chi connectivity index (χ0n) is 17.2. The number of rotatable bonds is 7. The Kier molecular flexibility index (Phi) is 6.23. The Balaban J connectivity index is 1.45. The first-order valence-electron chi connectivity index (χ1n) is 10.7. The van der Waals surface area contributed by atoms with E-state index in [4.69, 9.17) is 14.2 Å². The number of carbonyl (C=O) groups excluding carboxylic acids is 1. The number of piperidine rings is 1. The number of carbonyl (C=O) groups is 1. The lowest BCUT2D eigenvalue weighted by atomic mass is 9.75. The Morgan fingerprint density at radius 2 is 1.97 bits per heavy atom. The molecular weight excluding hydrogens is 368 g/mol. The van der Waals surface area contributed by atoms with Gasteiger partial charge in [0, 0.05) is 56.6 Å². The Morgan fingerprint density at radius 1 is 1.24 bits per heavy atom. The summed E-state index contributed by atoms with van der Waals surface area (Å²) in [4.78, 5) is 23.5. The van der Waals surface area contributed by atoms with Gasteiger partial charge in [-0.05, 0) is 50.2 Å². The van der Waals surface area contributed by atoms with Gasteiger partial charge in [-0.25, -0.2) is 0 Å². The first-order valence-corrected chi connectivity index (χ1v) is 10.7. The van der Waals surface area contributed by atoms with Crippen LogP contribution in [0, 0.1) is 5.92 Å². The van der Waals surface area contributed by atoms with Crippen molar-refractivity contribution < 1.29 is 14.1 Å². The topological polar surface area (TPSA) is 81.3 Å². The van der Waals surface area contributed by atoms with Gasteiger partial charge < -0.3 is 14.2 Å². The van der Waals surface area contributed by atoms with E-state index in [2.05, 4.69) is 10.1 Å². The number of ether oxygens (including phenoxy) is 1. The van der Waals surface area contributed by atoms with Crippen molar-refractivity contribution in [3.63, 3.8) is 0 Å². The fourth-order valence-corrected chi connectivity index (χ4v) is 4.71. The summed E-state index contributed by atoms with van der Waals surface area (Å²) in [5, 5.41) is 4.33. The molecule has 3 heterocycles. The SMILES string of the molecule is COCCC1(c2noc(-c3ccncc3)n2)CCN(C(=O)CC2CCCC2)CC1. The van der Waals surface area contributed by atoms with Crippen molar-refractivity contribution in [2.24, 2.45) is 5.92 Å². The first-order chi connectivity index (χ1) is 14.2. The highest BCUT2D eigenvalue weighted by atomic mass is 16.5. The van der Waals surface area contributed by atoms with E-state index in [1.807, 2.05) is 17.0 Å². The Bertz CT molecular complexity index is 793. The van der Waals surface area contributed by atoms with Crippen LogP contribution in [-0.2, 0) is 14.9 Å². The number of aromatic nitrogens is 3. The Hall–Kier alpha value is -2.28. The summed E-state index contributed by atoms with van der Waals surface area (Å²) in [6.07, 6.45) is 11.6. The molecule has 0 aromatic carbocycles. The van der Waals surface area contributed by atoms with Crippen molar-refractivity contribution in [2.45, 2.75) is 56.8 Å². The van der Waals surface area contributed by atoms with Crippen LogP contribution in [0.5, 0.6) is 0 Å². The van der Waals surface area contributed by atoms with Crippen LogP contribution in [0.2, 0.25) is 0 Å². The lowest BCUT2D eigenvalue weighted by Gasteiger charge is -2.40. The van der Waals surface area contributed by atoms with Crippen LogP contribution in [0.15, 0.2) is 29.0 Å². The maximum absolute atomic E-state index is 12.8. The molecule has 7 nitrogen and oxygen atoms in total. The second-order valence-corrected chi connectivity index (χ2v) is 8.42. The second-order valence-electron chi connectivity index (χ2n) is 8.42. The maximum Gasteiger partial charge on any atom is 0.258 e. The quantitative estimate of drug-likeness (QED) is 0.709. The Morgan fingerprint density at radius 3 is 2.66 bits per heavy atom. The standard InChI is InChI=1S/C22H30N4O3/c1-28-15-10-22(21-24-20(29-25-21)18-6-11-23-12-7-18)8-13-26(14-9-22)19(27)16-17-4-2-3-5-17/h6-7,11-12,17H,2-5,8-10,13-16H2,1H3. The van der Waals surface area contributed by atoms with Gasteiger partial charge in [-0.15, -0.1) is 0 Å². The number of amides is 1. The molecule has 1 saturated heterocycles. The smallest absolute Gasteiger partial charge is 0.258 e. The van der Waals surface area contributed by atoms with E-state index in [0.29, 0.717) is 30.7 Å². The van der Waals surface area contributed by atoms with Gasteiger partial charge in [-0.2, -0.15) is 4.98 Å². The lowest BCUT2D eigenvalue weighted by Crippen LogP contribution is -2.46. The molecule has 1 saturated carbocycles. The summed E-state index contributed by atoms with van der Waals surface area (Å²) in [5.74, 6) is 2.13. The number of pyridine rings is 1. The van der Waals surface area contributed by atoms with E-state index in [1.165, 1.54) is 25.7 Å². The van der Waals surface area contributed by atoms with Gasteiger partial charge in [0.15, 0.2) is 5.82 Å². The molecule has 0 bridgehead atoms.